The third kappa shape index (κ3) is 2.82. The van der Waals surface area contributed by atoms with Crippen molar-refractivity contribution in [1.82, 2.24) is 23.6 Å². The topological polar surface area (TPSA) is 82.1 Å². The Labute approximate surface area is 139 Å². The SMILES string of the molecule is CC(=O)Cn1c(CN2CCCCC2)nc2c1c(=O)n(C)c(=O)n2C. The highest BCUT2D eigenvalue weighted by molar-refractivity contribution is 5.79. The van der Waals surface area contributed by atoms with Gasteiger partial charge in [0, 0.05) is 14.1 Å². The Balaban J connectivity index is 2.18. The predicted molar refractivity (Wildman–Crippen MR) is 90.0 cm³/mol. The van der Waals surface area contributed by atoms with Crippen molar-refractivity contribution in [3.63, 3.8) is 0 Å². The molecule has 0 aromatic carbocycles. The van der Waals surface area contributed by atoms with Crippen molar-refractivity contribution in [3.05, 3.63) is 26.7 Å². The van der Waals surface area contributed by atoms with E-state index in [1.165, 1.54) is 25.0 Å². The number of hydrogen-bond acceptors (Lipinski definition) is 5. The van der Waals surface area contributed by atoms with Crippen LogP contribution in [0, 0.1) is 0 Å². The van der Waals surface area contributed by atoms with Crippen LogP contribution in [0.15, 0.2) is 9.59 Å². The third-order valence-electron chi connectivity index (χ3n) is 4.62. The lowest BCUT2D eigenvalue weighted by Crippen LogP contribution is -2.37. The summed E-state index contributed by atoms with van der Waals surface area (Å²) in [5, 5.41) is 0. The van der Waals surface area contributed by atoms with E-state index in [1.54, 1.807) is 11.6 Å². The Morgan fingerprint density at radius 1 is 1.08 bits per heavy atom. The summed E-state index contributed by atoms with van der Waals surface area (Å²) in [6, 6.07) is 0. The lowest BCUT2D eigenvalue weighted by Gasteiger charge is -2.26. The molecule has 0 atom stereocenters. The number of piperidine rings is 1. The lowest BCUT2D eigenvalue weighted by molar-refractivity contribution is -0.117. The summed E-state index contributed by atoms with van der Waals surface area (Å²) in [4.78, 5) is 43.2. The average molecular weight is 333 g/mol. The van der Waals surface area contributed by atoms with Gasteiger partial charge in [-0.1, -0.05) is 6.42 Å². The molecule has 1 saturated heterocycles. The zero-order valence-electron chi connectivity index (χ0n) is 14.4. The molecule has 2 aromatic rings. The van der Waals surface area contributed by atoms with E-state index >= 15 is 0 Å². The van der Waals surface area contributed by atoms with Gasteiger partial charge in [-0.3, -0.25) is 23.6 Å². The van der Waals surface area contributed by atoms with Crippen LogP contribution in [-0.4, -0.2) is 42.5 Å². The van der Waals surface area contributed by atoms with Crippen LogP contribution in [0.4, 0.5) is 0 Å². The molecule has 2 aromatic heterocycles. The first-order valence-electron chi connectivity index (χ1n) is 8.27. The Morgan fingerprint density at radius 3 is 2.38 bits per heavy atom. The fraction of sp³-hybridized carbons (Fsp3) is 0.625. The number of rotatable bonds is 4. The second-order valence-electron chi connectivity index (χ2n) is 6.53. The Hall–Kier alpha value is -2.22. The molecule has 130 valence electrons. The van der Waals surface area contributed by atoms with Gasteiger partial charge in [0.15, 0.2) is 11.2 Å². The Morgan fingerprint density at radius 2 is 1.75 bits per heavy atom. The number of aryl methyl sites for hydroxylation is 1. The second kappa shape index (κ2) is 6.35. The van der Waals surface area contributed by atoms with Crippen molar-refractivity contribution in [3.8, 4) is 0 Å². The Kier molecular flexibility index (Phi) is 4.40. The van der Waals surface area contributed by atoms with Crippen LogP contribution in [0.3, 0.4) is 0 Å². The summed E-state index contributed by atoms with van der Waals surface area (Å²) in [7, 11) is 3.04. The number of aromatic nitrogens is 4. The molecular weight excluding hydrogens is 310 g/mol. The van der Waals surface area contributed by atoms with Crippen molar-refractivity contribution in [1.29, 1.82) is 0 Å². The number of nitrogens with zero attached hydrogens (tertiary/aromatic N) is 5. The van der Waals surface area contributed by atoms with Crippen LogP contribution >= 0.6 is 0 Å². The minimum atomic E-state index is -0.413. The molecule has 0 spiro atoms. The number of hydrogen-bond donors (Lipinski definition) is 0. The fourth-order valence-electron chi connectivity index (χ4n) is 3.32. The van der Waals surface area contributed by atoms with Crippen LogP contribution in [0.5, 0.6) is 0 Å². The fourth-order valence-corrected chi connectivity index (χ4v) is 3.32. The molecule has 8 heteroatoms. The number of carbonyl (C=O) groups excluding carboxylic acids is 1. The molecule has 0 unspecified atom stereocenters. The van der Waals surface area contributed by atoms with Crippen LogP contribution < -0.4 is 11.2 Å². The highest BCUT2D eigenvalue weighted by Gasteiger charge is 2.21. The van der Waals surface area contributed by atoms with Gasteiger partial charge < -0.3 is 4.57 Å². The molecule has 0 radical (unpaired) electrons. The van der Waals surface area contributed by atoms with Crippen molar-refractivity contribution >= 4 is 16.9 Å². The molecule has 0 saturated carbocycles. The Bertz CT molecular complexity index is 899. The summed E-state index contributed by atoms with van der Waals surface area (Å²) in [6.07, 6.45) is 3.52. The second-order valence-corrected chi connectivity index (χ2v) is 6.53. The molecule has 24 heavy (non-hydrogen) atoms. The van der Waals surface area contributed by atoms with E-state index in [0.717, 1.165) is 30.5 Å². The summed E-state index contributed by atoms with van der Waals surface area (Å²) >= 11 is 0. The quantitative estimate of drug-likeness (QED) is 0.787. The summed E-state index contributed by atoms with van der Waals surface area (Å²) < 4.78 is 4.10. The molecule has 0 bridgehead atoms. The zero-order chi connectivity index (χ0) is 17.4. The van der Waals surface area contributed by atoms with Crippen molar-refractivity contribution in [2.45, 2.75) is 39.3 Å². The van der Waals surface area contributed by atoms with Crippen molar-refractivity contribution < 1.29 is 4.79 Å². The highest BCUT2D eigenvalue weighted by Crippen LogP contribution is 2.16. The number of Topliss-reactive ketones (excluding diaryl/α,β-unsaturated/α-hetero) is 1. The largest absolute Gasteiger partial charge is 0.332 e. The van der Waals surface area contributed by atoms with E-state index in [0.29, 0.717) is 23.5 Å². The predicted octanol–water partition coefficient (Wildman–Crippen LogP) is 0.00860. The van der Waals surface area contributed by atoms with Crippen LogP contribution in [-0.2, 0) is 32.0 Å². The first-order chi connectivity index (χ1) is 11.4. The van der Waals surface area contributed by atoms with Gasteiger partial charge in [-0.2, -0.15) is 0 Å². The van der Waals surface area contributed by atoms with Crippen LogP contribution in [0.25, 0.3) is 11.2 Å². The molecule has 0 amide bonds. The molecule has 1 fully saturated rings. The number of carbonyl (C=O) groups is 1. The monoisotopic (exact) mass is 333 g/mol. The summed E-state index contributed by atoms with van der Waals surface area (Å²) in [5.74, 6) is 0.616. The average Bonchev–Trinajstić information content (AvgIpc) is 2.90. The summed E-state index contributed by atoms with van der Waals surface area (Å²) in [6.45, 7) is 4.13. The highest BCUT2D eigenvalue weighted by atomic mass is 16.2. The third-order valence-corrected chi connectivity index (χ3v) is 4.62. The maximum atomic E-state index is 12.6. The number of ketones is 1. The minimum absolute atomic E-state index is 0.0508. The van der Waals surface area contributed by atoms with Gasteiger partial charge in [0.1, 0.15) is 11.6 Å². The van der Waals surface area contributed by atoms with Gasteiger partial charge in [0.25, 0.3) is 5.56 Å². The van der Waals surface area contributed by atoms with Gasteiger partial charge in [-0.05, 0) is 32.9 Å². The molecule has 0 aliphatic carbocycles. The maximum absolute atomic E-state index is 12.6. The molecule has 8 nitrogen and oxygen atoms in total. The maximum Gasteiger partial charge on any atom is 0.332 e. The van der Waals surface area contributed by atoms with Gasteiger partial charge in [-0.25, -0.2) is 9.78 Å². The zero-order valence-corrected chi connectivity index (χ0v) is 14.4. The van der Waals surface area contributed by atoms with Gasteiger partial charge in [-0.15, -0.1) is 0 Å². The van der Waals surface area contributed by atoms with E-state index in [-0.39, 0.29) is 12.3 Å². The van der Waals surface area contributed by atoms with Crippen molar-refractivity contribution in [2.24, 2.45) is 14.1 Å². The standard InChI is InChI=1S/C16H23N5O3/c1-11(22)9-21-12(10-20-7-5-4-6-8-20)17-14-13(21)15(23)19(3)16(24)18(14)2/h4-10H2,1-3H3. The molecule has 1 aliphatic rings. The first kappa shape index (κ1) is 16.6. The van der Waals surface area contributed by atoms with Crippen LogP contribution in [0.2, 0.25) is 0 Å². The van der Waals surface area contributed by atoms with E-state index in [1.807, 2.05) is 0 Å². The molecule has 3 rings (SSSR count). The molecule has 0 N–H and O–H groups in total. The van der Waals surface area contributed by atoms with Crippen LogP contribution in [0.1, 0.15) is 32.0 Å². The molecular formula is C16H23N5O3. The van der Waals surface area contributed by atoms with Gasteiger partial charge >= 0.3 is 5.69 Å². The van der Waals surface area contributed by atoms with Crippen molar-refractivity contribution in [2.75, 3.05) is 13.1 Å². The lowest BCUT2D eigenvalue weighted by atomic mass is 10.1. The first-order valence-corrected chi connectivity index (χ1v) is 8.27. The van der Waals surface area contributed by atoms with E-state index in [2.05, 4.69) is 9.88 Å². The molecule has 1 aliphatic heterocycles. The van der Waals surface area contributed by atoms with Gasteiger partial charge in [0.05, 0.1) is 13.1 Å². The minimum Gasteiger partial charge on any atom is -0.314 e. The smallest absolute Gasteiger partial charge is 0.314 e. The normalized spacial score (nSPS) is 16.0. The molecule has 3 heterocycles. The van der Waals surface area contributed by atoms with E-state index in [4.69, 9.17) is 0 Å². The summed E-state index contributed by atoms with van der Waals surface area (Å²) in [5.41, 5.74) is -0.158. The number of imidazole rings is 1. The van der Waals surface area contributed by atoms with E-state index in [9.17, 15) is 14.4 Å². The van der Waals surface area contributed by atoms with Gasteiger partial charge in [0.2, 0.25) is 0 Å². The van der Waals surface area contributed by atoms with E-state index < -0.39 is 11.2 Å². The number of fused-ring (bicyclic) bond motifs is 1. The number of likely N-dealkylation sites (tertiary alicyclic amines) is 1.